The maximum atomic E-state index is 14.6. The molecule has 5 rings (SSSR count). The Morgan fingerprint density at radius 1 is 0.755 bits per heavy atom. The third-order valence-corrected chi connectivity index (χ3v) is 8.35. The van der Waals surface area contributed by atoms with Crippen molar-refractivity contribution in [2.75, 3.05) is 23.8 Å². The minimum absolute atomic E-state index is 0.000643. The molecule has 280 valence electrons. The highest BCUT2D eigenvalue weighted by Crippen LogP contribution is 2.31. The van der Waals surface area contributed by atoms with Gasteiger partial charge in [0.15, 0.2) is 18.5 Å². The number of halogens is 3. The van der Waals surface area contributed by atoms with E-state index in [1.165, 1.54) is 0 Å². The van der Waals surface area contributed by atoms with Gasteiger partial charge < -0.3 is 28.4 Å². The van der Waals surface area contributed by atoms with E-state index < -0.39 is 67.1 Å². The topological polar surface area (TPSA) is 131 Å². The molecule has 53 heavy (non-hydrogen) atoms. The zero-order valence-corrected chi connectivity index (χ0v) is 29.9. The summed E-state index contributed by atoms with van der Waals surface area (Å²) in [7, 11) is 0. The normalized spacial score (nSPS) is 19.5. The quantitative estimate of drug-likeness (QED) is 0.103. The maximum Gasteiger partial charge on any atom is 0.412 e. The van der Waals surface area contributed by atoms with E-state index in [0.29, 0.717) is 22.3 Å². The fraction of sp³-hybridized carbons (Fsp3) is 0.308. The summed E-state index contributed by atoms with van der Waals surface area (Å²) < 4.78 is 63.9. The lowest BCUT2D eigenvalue weighted by Crippen LogP contribution is -2.63. The molecule has 5 atom stereocenters. The van der Waals surface area contributed by atoms with Gasteiger partial charge in [-0.25, -0.2) is 18.4 Å². The Kier molecular flexibility index (Phi) is 13.7. The summed E-state index contributed by atoms with van der Waals surface area (Å²) in [6.07, 6.45) is -8.84. The van der Waals surface area contributed by atoms with Gasteiger partial charge >= 0.3 is 18.2 Å². The van der Waals surface area contributed by atoms with Gasteiger partial charge in [-0.2, -0.15) is 0 Å². The van der Waals surface area contributed by atoms with Gasteiger partial charge in [-0.3, -0.25) is 15.4 Å². The molecule has 11 nitrogen and oxygen atoms in total. The van der Waals surface area contributed by atoms with E-state index in [1.807, 2.05) is 50.2 Å². The third-order valence-electron chi connectivity index (χ3n) is 8.10. The lowest BCUT2D eigenvalue weighted by atomic mass is 9.98. The zero-order valence-electron chi connectivity index (χ0n) is 29.2. The number of hydrogen-bond acceptors (Lipinski definition) is 9. The fourth-order valence-electron chi connectivity index (χ4n) is 5.41. The average molecular weight is 753 g/mol. The van der Waals surface area contributed by atoms with E-state index in [9.17, 15) is 23.2 Å². The van der Waals surface area contributed by atoms with Gasteiger partial charge in [-0.15, -0.1) is 0 Å². The van der Waals surface area contributed by atoms with Crippen LogP contribution in [0.15, 0.2) is 91.0 Å². The highest BCUT2D eigenvalue weighted by Gasteiger charge is 2.52. The molecule has 1 aliphatic heterocycles. The first-order valence-corrected chi connectivity index (χ1v) is 17.2. The van der Waals surface area contributed by atoms with E-state index in [1.54, 1.807) is 43.3 Å². The average Bonchev–Trinajstić information content (AvgIpc) is 3.12. The van der Waals surface area contributed by atoms with Gasteiger partial charge in [-0.05, 0) is 68.3 Å². The molecule has 0 radical (unpaired) electrons. The van der Waals surface area contributed by atoms with Crippen molar-refractivity contribution in [1.29, 1.82) is 0 Å². The number of anilines is 2. The summed E-state index contributed by atoms with van der Waals surface area (Å²) in [5.74, 6) is -2.62. The Labute approximate surface area is 310 Å². The predicted molar refractivity (Wildman–Crippen MR) is 191 cm³/mol. The molecule has 2 amide bonds. The van der Waals surface area contributed by atoms with Crippen molar-refractivity contribution in [2.24, 2.45) is 0 Å². The summed E-state index contributed by atoms with van der Waals surface area (Å²) >= 11 is 5.95. The molecule has 1 fully saturated rings. The zero-order chi connectivity index (χ0) is 37.9. The van der Waals surface area contributed by atoms with Crippen LogP contribution < -0.4 is 10.6 Å². The number of amides is 2. The maximum absolute atomic E-state index is 14.6. The Balaban J connectivity index is 1.45. The molecular formula is C39H39ClF2N2O9. The van der Waals surface area contributed by atoms with Crippen molar-refractivity contribution in [3.05, 3.63) is 130 Å². The van der Waals surface area contributed by atoms with Crippen molar-refractivity contribution in [3.8, 4) is 0 Å². The summed E-state index contributed by atoms with van der Waals surface area (Å²) in [5.41, 5.74) is 3.45. The molecule has 0 aromatic heterocycles. The number of aryl methyl sites for hydroxylation is 2. The SMILES string of the molecule is CCO[C@H]1O[C@H](COC(=O)Nc2ccc(Cl)cc2)[C@@H](OC(=O)Cc2ccc(C)cc2)[C@H](OC(=O)Nc2ccc(F)cc2F)[C@H]1OCc1ccc(C)cc1. The van der Waals surface area contributed by atoms with E-state index in [-0.39, 0.29) is 25.3 Å². The van der Waals surface area contributed by atoms with Crippen LogP contribution in [0.4, 0.5) is 29.7 Å². The van der Waals surface area contributed by atoms with Crippen LogP contribution in [0.3, 0.4) is 0 Å². The van der Waals surface area contributed by atoms with E-state index in [4.69, 9.17) is 40.0 Å². The first kappa shape index (κ1) is 39.1. The number of ether oxygens (including phenoxy) is 6. The Bertz CT molecular complexity index is 1850. The highest BCUT2D eigenvalue weighted by atomic mass is 35.5. The second-order valence-electron chi connectivity index (χ2n) is 12.2. The lowest BCUT2D eigenvalue weighted by molar-refractivity contribution is -0.311. The van der Waals surface area contributed by atoms with Crippen LogP contribution in [-0.2, 0) is 46.2 Å². The Hall–Kier alpha value is -5.08. The molecule has 0 bridgehead atoms. The van der Waals surface area contributed by atoms with Crippen LogP contribution in [0.5, 0.6) is 0 Å². The van der Waals surface area contributed by atoms with Crippen LogP contribution in [-0.4, -0.2) is 62.1 Å². The summed E-state index contributed by atoms with van der Waals surface area (Å²) in [4.78, 5) is 39.8. The molecule has 4 aromatic rings. The van der Waals surface area contributed by atoms with Crippen LogP contribution >= 0.6 is 11.6 Å². The van der Waals surface area contributed by atoms with Crippen molar-refractivity contribution < 1.29 is 51.6 Å². The molecule has 0 spiro atoms. The van der Waals surface area contributed by atoms with Crippen LogP contribution in [0.2, 0.25) is 5.02 Å². The summed E-state index contributed by atoms with van der Waals surface area (Å²) in [6.45, 7) is 5.18. The number of hydrogen-bond donors (Lipinski definition) is 2. The molecule has 1 saturated heterocycles. The standard InChI is InChI=1S/C39H39ClF2N2O9/c1-4-48-37-36(49-21-26-11-7-24(3)8-12-26)35(53-39(47)44-31-18-15-28(41)20-30(31)42)34(52-33(45)19-25-9-5-23(2)6-10-25)32(51-37)22-50-38(46)43-29-16-13-27(40)14-17-29/h5-18,20,32,34-37H,4,19,21-22H2,1-3H3,(H,43,46)(H,44,47)/t32-,34-,35+,36-,37+/m1/s1. The monoisotopic (exact) mass is 752 g/mol. The van der Waals surface area contributed by atoms with Crippen LogP contribution in [0.25, 0.3) is 0 Å². The van der Waals surface area contributed by atoms with Gasteiger partial charge in [0.2, 0.25) is 0 Å². The molecule has 0 aliphatic carbocycles. The minimum atomic E-state index is -1.47. The summed E-state index contributed by atoms with van der Waals surface area (Å²) in [6, 6.07) is 23.6. The van der Waals surface area contributed by atoms with E-state index in [0.717, 1.165) is 28.8 Å². The predicted octanol–water partition coefficient (Wildman–Crippen LogP) is 7.90. The highest BCUT2D eigenvalue weighted by molar-refractivity contribution is 6.30. The fourth-order valence-corrected chi connectivity index (χ4v) is 5.53. The van der Waals surface area contributed by atoms with Crippen molar-refractivity contribution in [3.63, 3.8) is 0 Å². The number of benzene rings is 4. The number of rotatable bonds is 13. The first-order valence-electron chi connectivity index (χ1n) is 16.8. The molecule has 14 heteroatoms. The van der Waals surface area contributed by atoms with Crippen molar-refractivity contribution in [2.45, 2.75) is 64.5 Å². The number of carbonyl (C=O) groups excluding carboxylic acids is 3. The van der Waals surface area contributed by atoms with Gasteiger partial charge in [0, 0.05) is 23.4 Å². The molecule has 1 heterocycles. The summed E-state index contributed by atoms with van der Waals surface area (Å²) in [5, 5.41) is 5.30. The van der Waals surface area contributed by atoms with E-state index >= 15 is 0 Å². The number of nitrogens with one attached hydrogen (secondary N) is 2. The van der Waals surface area contributed by atoms with Crippen molar-refractivity contribution >= 4 is 41.1 Å². The molecule has 0 unspecified atom stereocenters. The van der Waals surface area contributed by atoms with Gasteiger partial charge in [-0.1, -0.05) is 71.3 Å². The van der Waals surface area contributed by atoms with Gasteiger partial charge in [0.05, 0.1) is 18.7 Å². The molecular weight excluding hydrogens is 714 g/mol. The third kappa shape index (κ3) is 11.5. The second-order valence-corrected chi connectivity index (χ2v) is 12.7. The second kappa shape index (κ2) is 18.6. The smallest absolute Gasteiger partial charge is 0.412 e. The van der Waals surface area contributed by atoms with Gasteiger partial charge in [0.25, 0.3) is 0 Å². The molecule has 0 saturated carbocycles. The largest absolute Gasteiger partial charge is 0.455 e. The molecule has 1 aliphatic rings. The van der Waals surface area contributed by atoms with E-state index in [2.05, 4.69) is 10.6 Å². The Morgan fingerprint density at radius 2 is 1.42 bits per heavy atom. The molecule has 2 N–H and O–H groups in total. The minimum Gasteiger partial charge on any atom is -0.455 e. The number of esters is 1. The Morgan fingerprint density at radius 3 is 2.06 bits per heavy atom. The first-order chi connectivity index (χ1) is 25.5. The number of carbonyl (C=O) groups is 3. The lowest BCUT2D eigenvalue weighted by Gasteiger charge is -2.44. The van der Waals surface area contributed by atoms with Crippen molar-refractivity contribution in [1.82, 2.24) is 0 Å². The van der Waals surface area contributed by atoms with Crippen LogP contribution in [0, 0.1) is 25.5 Å². The molecule has 4 aromatic carbocycles. The van der Waals surface area contributed by atoms with Crippen LogP contribution in [0.1, 0.15) is 29.2 Å². The van der Waals surface area contributed by atoms with Gasteiger partial charge in [0.1, 0.15) is 30.4 Å².